The molecular formula is C18H28N2O2. The summed E-state index contributed by atoms with van der Waals surface area (Å²) < 4.78 is 5.82. The Morgan fingerprint density at radius 2 is 2.23 bits per heavy atom. The molecule has 0 saturated carbocycles. The highest BCUT2D eigenvalue weighted by molar-refractivity contribution is 5.76. The summed E-state index contributed by atoms with van der Waals surface area (Å²) in [6, 6.07) is 6.52. The van der Waals surface area contributed by atoms with E-state index in [1.54, 1.807) is 0 Å². The molecule has 0 aromatic heterocycles. The van der Waals surface area contributed by atoms with Crippen LogP contribution in [0.1, 0.15) is 37.3 Å². The van der Waals surface area contributed by atoms with Crippen LogP contribution < -0.4 is 10.1 Å². The van der Waals surface area contributed by atoms with Gasteiger partial charge in [0.05, 0.1) is 13.0 Å². The maximum Gasteiger partial charge on any atom is 0.226 e. The average Bonchev–Trinajstić information content (AvgIpc) is 3.02. The fourth-order valence-corrected chi connectivity index (χ4v) is 2.91. The lowest BCUT2D eigenvalue weighted by Gasteiger charge is -2.28. The Hall–Kier alpha value is -1.55. The lowest BCUT2D eigenvalue weighted by atomic mass is 10.1. The predicted molar refractivity (Wildman–Crippen MR) is 89.3 cm³/mol. The number of rotatable bonds is 7. The Balaban J connectivity index is 1.86. The number of carbonyl (C=O) groups is 1. The van der Waals surface area contributed by atoms with Crippen LogP contribution in [0.25, 0.3) is 0 Å². The van der Waals surface area contributed by atoms with Crippen LogP contribution in [-0.4, -0.2) is 43.1 Å². The van der Waals surface area contributed by atoms with Crippen molar-refractivity contribution in [2.24, 2.45) is 0 Å². The van der Waals surface area contributed by atoms with Crippen LogP contribution in [0, 0.1) is 13.8 Å². The van der Waals surface area contributed by atoms with Gasteiger partial charge in [0, 0.05) is 19.1 Å². The maximum atomic E-state index is 12.5. The number of benzene rings is 1. The topological polar surface area (TPSA) is 41.6 Å². The van der Waals surface area contributed by atoms with Gasteiger partial charge in [-0.15, -0.1) is 0 Å². The summed E-state index contributed by atoms with van der Waals surface area (Å²) in [5.74, 6) is 1.10. The zero-order valence-corrected chi connectivity index (χ0v) is 14.0. The standard InChI is InChI=1S/C18H28N2O2/c1-4-10-20(16-7-9-19-13-16)18(21)8-11-22-17-12-14(2)5-6-15(17)3/h5-6,12,16,19H,4,7-11,13H2,1-3H3. The highest BCUT2D eigenvalue weighted by Gasteiger charge is 2.25. The van der Waals surface area contributed by atoms with Crippen molar-refractivity contribution >= 4 is 5.91 Å². The molecular weight excluding hydrogens is 276 g/mol. The van der Waals surface area contributed by atoms with E-state index in [-0.39, 0.29) is 5.91 Å². The SMILES string of the molecule is CCCN(C(=O)CCOc1cc(C)ccc1C)C1CCNC1. The maximum absolute atomic E-state index is 12.5. The molecule has 0 bridgehead atoms. The molecule has 22 heavy (non-hydrogen) atoms. The summed E-state index contributed by atoms with van der Waals surface area (Å²) in [4.78, 5) is 14.5. The zero-order chi connectivity index (χ0) is 15.9. The van der Waals surface area contributed by atoms with Crippen LogP contribution in [0.3, 0.4) is 0 Å². The quantitative estimate of drug-likeness (QED) is 0.842. The molecule has 4 nitrogen and oxygen atoms in total. The summed E-state index contributed by atoms with van der Waals surface area (Å²) in [5.41, 5.74) is 2.29. The van der Waals surface area contributed by atoms with Gasteiger partial charge in [0.2, 0.25) is 5.91 Å². The van der Waals surface area contributed by atoms with Gasteiger partial charge in [-0.2, -0.15) is 0 Å². The van der Waals surface area contributed by atoms with Crippen LogP contribution in [0.2, 0.25) is 0 Å². The highest BCUT2D eigenvalue weighted by atomic mass is 16.5. The Bertz CT molecular complexity index is 496. The van der Waals surface area contributed by atoms with Gasteiger partial charge in [-0.25, -0.2) is 0 Å². The fourth-order valence-electron chi connectivity index (χ4n) is 2.91. The summed E-state index contributed by atoms with van der Waals surface area (Å²) in [5, 5.41) is 3.34. The third-order valence-electron chi connectivity index (χ3n) is 4.18. The van der Waals surface area contributed by atoms with Crippen LogP contribution in [-0.2, 0) is 4.79 Å². The molecule has 122 valence electrons. The second-order valence-electron chi connectivity index (χ2n) is 6.10. The lowest BCUT2D eigenvalue weighted by Crippen LogP contribution is -2.42. The molecule has 1 aromatic carbocycles. The number of hydrogen-bond donors (Lipinski definition) is 1. The van der Waals surface area contributed by atoms with Gasteiger partial charge in [0.15, 0.2) is 0 Å². The molecule has 0 radical (unpaired) electrons. The van der Waals surface area contributed by atoms with E-state index < -0.39 is 0 Å². The van der Waals surface area contributed by atoms with Crippen molar-refractivity contribution in [2.75, 3.05) is 26.2 Å². The smallest absolute Gasteiger partial charge is 0.226 e. The molecule has 0 aliphatic carbocycles. The van der Waals surface area contributed by atoms with Crippen LogP contribution in [0.4, 0.5) is 0 Å². The van der Waals surface area contributed by atoms with E-state index in [0.29, 0.717) is 19.1 Å². The van der Waals surface area contributed by atoms with E-state index in [4.69, 9.17) is 4.74 Å². The van der Waals surface area contributed by atoms with E-state index in [2.05, 4.69) is 24.4 Å². The minimum Gasteiger partial charge on any atom is -0.493 e. The molecule has 1 saturated heterocycles. The van der Waals surface area contributed by atoms with Crippen molar-refractivity contribution in [3.05, 3.63) is 29.3 Å². The predicted octanol–water partition coefficient (Wildman–Crippen LogP) is 2.67. The van der Waals surface area contributed by atoms with Gasteiger partial charge in [-0.3, -0.25) is 4.79 Å². The minimum absolute atomic E-state index is 0.209. The summed E-state index contributed by atoms with van der Waals surface area (Å²) in [7, 11) is 0. The molecule has 2 rings (SSSR count). The minimum atomic E-state index is 0.209. The number of hydrogen-bond acceptors (Lipinski definition) is 3. The first-order valence-electron chi connectivity index (χ1n) is 8.32. The van der Waals surface area contributed by atoms with Crippen molar-refractivity contribution < 1.29 is 9.53 Å². The van der Waals surface area contributed by atoms with E-state index in [1.165, 1.54) is 5.56 Å². The summed E-state index contributed by atoms with van der Waals surface area (Å²) in [6.45, 7) is 9.42. The van der Waals surface area contributed by atoms with Gasteiger partial charge in [0.25, 0.3) is 0 Å². The molecule has 4 heteroatoms. The Morgan fingerprint density at radius 3 is 2.91 bits per heavy atom. The molecule has 0 spiro atoms. The van der Waals surface area contributed by atoms with E-state index in [0.717, 1.165) is 43.8 Å². The molecule has 1 fully saturated rings. The molecule has 1 unspecified atom stereocenters. The fraction of sp³-hybridized carbons (Fsp3) is 0.611. The monoisotopic (exact) mass is 304 g/mol. The Morgan fingerprint density at radius 1 is 1.41 bits per heavy atom. The van der Waals surface area contributed by atoms with Crippen LogP contribution in [0.5, 0.6) is 5.75 Å². The third-order valence-corrected chi connectivity index (χ3v) is 4.18. The van der Waals surface area contributed by atoms with Crippen LogP contribution >= 0.6 is 0 Å². The number of carbonyl (C=O) groups excluding carboxylic acids is 1. The van der Waals surface area contributed by atoms with Gasteiger partial charge in [0.1, 0.15) is 5.75 Å². The Labute approximate surface area is 133 Å². The van der Waals surface area contributed by atoms with Gasteiger partial charge < -0.3 is 15.0 Å². The summed E-state index contributed by atoms with van der Waals surface area (Å²) >= 11 is 0. The molecule has 1 aromatic rings. The third kappa shape index (κ3) is 4.47. The van der Waals surface area contributed by atoms with Crippen molar-refractivity contribution in [3.63, 3.8) is 0 Å². The van der Waals surface area contributed by atoms with Crippen molar-refractivity contribution in [2.45, 2.75) is 46.1 Å². The van der Waals surface area contributed by atoms with Crippen molar-refractivity contribution in [3.8, 4) is 5.75 Å². The normalized spacial score (nSPS) is 17.5. The first-order valence-corrected chi connectivity index (χ1v) is 8.32. The van der Waals surface area contributed by atoms with Gasteiger partial charge in [-0.05, 0) is 50.4 Å². The number of aryl methyl sites for hydroxylation is 2. The van der Waals surface area contributed by atoms with Crippen LogP contribution in [0.15, 0.2) is 18.2 Å². The Kier molecular flexibility index (Phi) is 6.25. The van der Waals surface area contributed by atoms with E-state index >= 15 is 0 Å². The lowest BCUT2D eigenvalue weighted by molar-refractivity contribution is -0.133. The number of amides is 1. The van der Waals surface area contributed by atoms with E-state index in [9.17, 15) is 4.79 Å². The number of nitrogens with zero attached hydrogens (tertiary/aromatic N) is 1. The second-order valence-corrected chi connectivity index (χ2v) is 6.10. The molecule has 1 atom stereocenters. The summed E-state index contributed by atoms with van der Waals surface area (Å²) in [6.07, 6.45) is 2.51. The van der Waals surface area contributed by atoms with Gasteiger partial charge >= 0.3 is 0 Å². The highest BCUT2D eigenvalue weighted by Crippen LogP contribution is 2.19. The largest absolute Gasteiger partial charge is 0.493 e. The number of nitrogens with one attached hydrogen (secondary N) is 1. The molecule has 1 aliphatic heterocycles. The first kappa shape index (κ1) is 16.8. The zero-order valence-electron chi connectivity index (χ0n) is 14.0. The second kappa shape index (κ2) is 8.18. The van der Waals surface area contributed by atoms with Gasteiger partial charge in [-0.1, -0.05) is 19.1 Å². The van der Waals surface area contributed by atoms with E-state index in [1.807, 2.05) is 24.8 Å². The number of ether oxygens (including phenoxy) is 1. The molecule has 1 aliphatic rings. The average molecular weight is 304 g/mol. The molecule has 1 amide bonds. The first-order chi connectivity index (χ1) is 10.6. The molecule has 1 N–H and O–H groups in total. The van der Waals surface area contributed by atoms with Crippen molar-refractivity contribution in [1.29, 1.82) is 0 Å². The van der Waals surface area contributed by atoms with Crippen molar-refractivity contribution in [1.82, 2.24) is 10.2 Å². The molecule has 1 heterocycles.